The topological polar surface area (TPSA) is 18.5 Å². The van der Waals surface area contributed by atoms with Gasteiger partial charge >= 0.3 is 0 Å². The van der Waals surface area contributed by atoms with Gasteiger partial charge in [0.1, 0.15) is 0 Å². The van der Waals surface area contributed by atoms with E-state index >= 15 is 0 Å². The minimum atomic E-state index is 0.805. The molecule has 2 rings (SSSR count). The molecule has 1 atom stereocenters. The summed E-state index contributed by atoms with van der Waals surface area (Å²) in [4.78, 5) is 5.17. The molecule has 88 valence electrons. The molecule has 1 N–H and O–H groups in total. The minimum Gasteiger partial charge on any atom is -0.315 e. The van der Waals surface area contributed by atoms with E-state index in [0.717, 1.165) is 6.04 Å². The fourth-order valence-electron chi connectivity index (χ4n) is 2.74. The fourth-order valence-corrected chi connectivity index (χ4v) is 2.74. The van der Waals surface area contributed by atoms with Crippen molar-refractivity contribution >= 4 is 0 Å². The van der Waals surface area contributed by atoms with Gasteiger partial charge in [0.2, 0.25) is 0 Å². The SMILES string of the molecule is CN1CCCN(C2CCCCNC2)CC1. The molecule has 3 nitrogen and oxygen atoms in total. The van der Waals surface area contributed by atoms with Crippen LogP contribution in [0.15, 0.2) is 0 Å². The van der Waals surface area contributed by atoms with E-state index in [2.05, 4.69) is 22.2 Å². The molecular formula is C12H25N3. The average Bonchev–Trinajstić information content (AvgIpc) is 2.59. The maximum absolute atomic E-state index is 3.57. The quantitative estimate of drug-likeness (QED) is 0.691. The summed E-state index contributed by atoms with van der Waals surface area (Å²) in [6.07, 6.45) is 5.51. The van der Waals surface area contributed by atoms with Crippen LogP contribution in [-0.4, -0.2) is 62.2 Å². The lowest BCUT2D eigenvalue weighted by atomic mass is 10.1. The Morgan fingerprint density at radius 3 is 2.87 bits per heavy atom. The molecule has 0 amide bonds. The smallest absolute Gasteiger partial charge is 0.0221 e. The molecule has 1 unspecified atom stereocenters. The summed E-state index contributed by atoms with van der Waals surface area (Å²) >= 11 is 0. The Hall–Kier alpha value is -0.120. The maximum Gasteiger partial charge on any atom is 0.0221 e. The first-order valence-electron chi connectivity index (χ1n) is 6.49. The van der Waals surface area contributed by atoms with Gasteiger partial charge in [-0.25, -0.2) is 0 Å². The van der Waals surface area contributed by atoms with Crippen molar-refractivity contribution in [3.05, 3.63) is 0 Å². The third-order valence-electron chi connectivity index (χ3n) is 3.79. The highest BCUT2D eigenvalue weighted by atomic mass is 15.2. The standard InChI is InChI=1S/C12H25N3/c1-14-7-4-8-15(10-9-14)12-5-2-3-6-13-11-12/h12-13H,2-11H2,1H3. The van der Waals surface area contributed by atoms with Crippen LogP contribution < -0.4 is 5.32 Å². The molecule has 2 saturated heterocycles. The predicted octanol–water partition coefficient (Wildman–Crippen LogP) is 0.766. The maximum atomic E-state index is 3.57. The van der Waals surface area contributed by atoms with Crippen molar-refractivity contribution in [2.45, 2.75) is 31.7 Å². The van der Waals surface area contributed by atoms with Crippen LogP contribution >= 0.6 is 0 Å². The molecule has 2 aliphatic rings. The van der Waals surface area contributed by atoms with E-state index in [0.29, 0.717) is 0 Å². The highest BCUT2D eigenvalue weighted by Crippen LogP contribution is 2.13. The van der Waals surface area contributed by atoms with Crippen molar-refractivity contribution in [1.29, 1.82) is 0 Å². The molecule has 0 spiro atoms. The van der Waals surface area contributed by atoms with E-state index in [9.17, 15) is 0 Å². The third-order valence-corrected chi connectivity index (χ3v) is 3.79. The van der Waals surface area contributed by atoms with Gasteiger partial charge < -0.3 is 10.2 Å². The monoisotopic (exact) mass is 211 g/mol. The lowest BCUT2D eigenvalue weighted by Gasteiger charge is -2.29. The fraction of sp³-hybridized carbons (Fsp3) is 1.00. The van der Waals surface area contributed by atoms with Gasteiger partial charge in [0.15, 0.2) is 0 Å². The first-order chi connectivity index (χ1) is 7.36. The summed E-state index contributed by atoms with van der Waals surface area (Å²) in [7, 11) is 2.24. The van der Waals surface area contributed by atoms with E-state index in [4.69, 9.17) is 0 Å². The zero-order chi connectivity index (χ0) is 10.5. The summed E-state index contributed by atoms with van der Waals surface area (Å²) in [6.45, 7) is 7.53. The molecule has 0 aromatic heterocycles. The van der Waals surface area contributed by atoms with Crippen molar-refractivity contribution in [3.63, 3.8) is 0 Å². The second-order valence-corrected chi connectivity index (χ2v) is 5.05. The normalized spacial score (nSPS) is 32.2. The molecule has 0 aromatic carbocycles. The predicted molar refractivity (Wildman–Crippen MR) is 64.2 cm³/mol. The van der Waals surface area contributed by atoms with Crippen LogP contribution in [0, 0.1) is 0 Å². The van der Waals surface area contributed by atoms with E-state index in [1.165, 1.54) is 65.0 Å². The molecule has 0 radical (unpaired) electrons. The lowest BCUT2D eigenvalue weighted by molar-refractivity contribution is 0.193. The zero-order valence-corrected chi connectivity index (χ0v) is 10.0. The lowest BCUT2D eigenvalue weighted by Crippen LogP contribution is -2.43. The summed E-state index contributed by atoms with van der Waals surface area (Å²) in [5, 5.41) is 3.57. The third kappa shape index (κ3) is 3.44. The Morgan fingerprint density at radius 2 is 1.93 bits per heavy atom. The molecule has 15 heavy (non-hydrogen) atoms. The molecule has 0 aliphatic carbocycles. The molecule has 3 heteroatoms. The summed E-state index contributed by atoms with van der Waals surface area (Å²) < 4.78 is 0. The molecule has 0 saturated carbocycles. The van der Waals surface area contributed by atoms with Gasteiger partial charge in [-0.2, -0.15) is 0 Å². The van der Waals surface area contributed by atoms with E-state index in [1.807, 2.05) is 0 Å². The van der Waals surface area contributed by atoms with Crippen LogP contribution in [0.5, 0.6) is 0 Å². The van der Waals surface area contributed by atoms with Crippen molar-refractivity contribution in [3.8, 4) is 0 Å². The first kappa shape index (κ1) is 11.4. The van der Waals surface area contributed by atoms with E-state index < -0.39 is 0 Å². The number of likely N-dealkylation sites (N-methyl/N-ethyl adjacent to an activating group) is 1. The van der Waals surface area contributed by atoms with Gasteiger partial charge in [-0.1, -0.05) is 6.42 Å². The second kappa shape index (κ2) is 5.83. The van der Waals surface area contributed by atoms with Crippen LogP contribution in [0.1, 0.15) is 25.7 Å². The molecule has 0 bridgehead atoms. The molecule has 2 fully saturated rings. The van der Waals surface area contributed by atoms with Gasteiger partial charge in [-0.3, -0.25) is 4.90 Å². The molecule has 0 aromatic rings. The Bertz CT molecular complexity index is 176. The summed E-state index contributed by atoms with van der Waals surface area (Å²) in [6, 6.07) is 0.805. The minimum absolute atomic E-state index is 0.805. The van der Waals surface area contributed by atoms with E-state index in [1.54, 1.807) is 0 Å². The number of hydrogen-bond acceptors (Lipinski definition) is 3. The molecule has 2 aliphatic heterocycles. The number of nitrogens with zero attached hydrogens (tertiary/aromatic N) is 2. The number of hydrogen-bond donors (Lipinski definition) is 1. The molecule has 2 heterocycles. The summed E-state index contributed by atoms with van der Waals surface area (Å²) in [5.41, 5.74) is 0. The number of nitrogens with one attached hydrogen (secondary N) is 1. The van der Waals surface area contributed by atoms with E-state index in [-0.39, 0.29) is 0 Å². The van der Waals surface area contributed by atoms with Crippen LogP contribution in [-0.2, 0) is 0 Å². The van der Waals surface area contributed by atoms with Gasteiger partial charge in [-0.15, -0.1) is 0 Å². The van der Waals surface area contributed by atoms with Crippen molar-refractivity contribution in [2.75, 3.05) is 46.3 Å². The van der Waals surface area contributed by atoms with Crippen molar-refractivity contribution in [2.24, 2.45) is 0 Å². The Balaban J connectivity index is 1.84. The van der Waals surface area contributed by atoms with Gasteiger partial charge in [-0.05, 0) is 45.9 Å². The van der Waals surface area contributed by atoms with Gasteiger partial charge in [0, 0.05) is 25.7 Å². The highest BCUT2D eigenvalue weighted by molar-refractivity contribution is 4.79. The van der Waals surface area contributed by atoms with Crippen molar-refractivity contribution in [1.82, 2.24) is 15.1 Å². The Labute approximate surface area is 93.8 Å². The van der Waals surface area contributed by atoms with Crippen molar-refractivity contribution < 1.29 is 0 Å². The largest absolute Gasteiger partial charge is 0.315 e. The van der Waals surface area contributed by atoms with Gasteiger partial charge in [0.25, 0.3) is 0 Å². The van der Waals surface area contributed by atoms with Crippen LogP contribution in [0.4, 0.5) is 0 Å². The van der Waals surface area contributed by atoms with Crippen LogP contribution in [0.3, 0.4) is 0 Å². The zero-order valence-electron chi connectivity index (χ0n) is 10.0. The second-order valence-electron chi connectivity index (χ2n) is 5.05. The Morgan fingerprint density at radius 1 is 1.00 bits per heavy atom. The highest BCUT2D eigenvalue weighted by Gasteiger charge is 2.21. The Kier molecular flexibility index (Phi) is 4.42. The van der Waals surface area contributed by atoms with Gasteiger partial charge in [0.05, 0.1) is 0 Å². The van der Waals surface area contributed by atoms with Crippen LogP contribution in [0.2, 0.25) is 0 Å². The first-order valence-corrected chi connectivity index (χ1v) is 6.49. The molecular weight excluding hydrogens is 186 g/mol. The van der Waals surface area contributed by atoms with Crippen LogP contribution in [0.25, 0.3) is 0 Å². The average molecular weight is 211 g/mol. The summed E-state index contributed by atoms with van der Waals surface area (Å²) in [5.74, 6) is 0. The number of rotatable bonds is 1.